The lowest BCUT2D eigenvalue weighted by Crippen LogP contribution is -2.42. The van der Waals surface area contributed by atoms with Crippen molar-refractivity contribution >= 4 is 11.9 Å². The van der Waals surface area contributed by atoms with Crippen molar-refractivity contribution in [3.05, 3.63) is 35.8 Å². The molecule has 10 heteroatoms. The summed E-state index contributed by atoms with van der Waals surface area (Å²) >= 11 is 0. The zero-order chi connectivity index (χ0) is 20.4. The number of anilines is 1. The highest BCUT2D eigenvalue weighted by molar-refractivity contribution is 5.78. The summed E-state index contributed by atoms with van der Waals surface area (Å²) in [7, 11) is 1.37. The Bertz CT molecular complexity index is 890. The van der Waals surface area contributed by atoms with Gasteiger partial charge in [-0.25, -0.2) is 10.0 Å². The number of nitrogens with zero attached hydrogens (tertiary/aromatic N) is 6. The van der Waals surface area contributed by atoms with E-state index < -0.39 is 5.82 Å². The summed E-state index contributed by atoms with van der Waals surface area (Å²) in [5, 5.41) is 1.47. The Morgan fingerprint density at radius 1 is 1.21 bits per heavy atom. The fourth-order valence-electron chi connectivity index (χ4n) is 3.74. The number of hydrogen-bond donors (Lipinski definition) is 0. The fraction of sp³-hybridized carbons (Fsp3) is 0.526. The normalized spacial score (nSPS) is 20.2. The van der Waals surface area contributed by atoms with Gasteiger partial charge in [-0.2, -0.15) is 9.37 Å². The first-order valence-corrected chi connectivity index (χ1v) is 9.63. The summed E-state index contributed by atoms with van der Waals surface area (Å²) in [6.07, 6.45) is 6.44. The van der Waals surface area contributed by atoms with Gasteiger partial charge >= 0.3 is 0 Å². The van der Waals surface area contributed by atoms with Crippen LogP contribution < -0.4 is 9.64 Å². The first-order chi connectivity index (χ1) is 14.1. The zero-order valence-electron chi connectivity index (χ0n) is 16.4. The van der Waals surface area contributed by atoms with Crippen molar-refractivity contribution in [3.63, 3.8) is 0 Å². The predicted molar refractivity (Wildman–Crippen MR) is 100 cm³/mol. The van der Waals surface area contributed by atoms with E-state index in [0.717, 1.165) is 17.6 Å². The molecule has 0 bridgehead atoms. The van der Waals surface area contributed by atoms with Crippen LogP contribution in [0.1, 0.15) is 36.7 Å². The first kappa shape index (κ1) is 19.4. The minimum Gasteiger partial charge on any atom is -0.479 e. The van der Waals surface area contributed by atoms with E-state index in [2.05, 4.69) is 19.9 Å². The van der Waals surface area contributed by atoms with Crippen molar-refractivity contribution in [1.82, 2.24) is 25.0 Å². The number of amides is 1. The monoisotopic (exact) mass is 402 g/mol. The maximum Gasteiger partial charge on any atom is 0.255 e. The van der Waals surface area contributed by atoms with Crippen LogP contribution in [0.25, 0.3) is 0 Å². The average Bonchev–Trinajstić information content (AvgIpc) is 3.24. The largest absolute Gasteiger partial charge is 0.479 e. The van der Waals surface area contributed by atoms with Crippen molar-refractivity contribution in [2.45, 2.75) is 32.2 Å². The van der Waals surface area contributed by atoms with Crippen molar-refractivity contribution in [3.8, 4) is 5.88 Å². The third kappa shape index (κ3) is 3.98. The maximum atomic E-state index is 13.5. The van der Waals surface area contributed by atoms with Crippen LogP contribution in [0.3, 0.4) is 0 Å². The second-order valence-electron chi connectivity index (χ2n) is 7.18. The van der Waals surface area contributed by atoms with Gasteiger partial charge in [-0.05, 0) is 19.8 Å². The molecule has 4 heterocycles. The van der Waals surface area contributed by atoms with Crippen LogP contribution >= 0.6 is 0 Å². The number of rotatable bonds is 4. The molecule has 1 atom stereocenters. The Labute approximate surface area is 167 Å². The topological polar surface area (TPSA) is 93.6 Å². The minimum absolute atomic E-state index is 0.0342. The summed E-state index contributed by atoms with van der Waals surface area (Å²) in [4.78, 5) is 37.5. The highest BCUT2D eigenvalue weighted by Gasteiger charge is 2.38. The molecule has 0 saturated carbocycles. The number of hydrogen-bond acceptors (Lipinski definition) is 8. The molecule has 2 aliphatic heterocycles. The van der Waals surface area contributed by atoms with Crippen LogP contribution in [-0.2, 0) is 9.63 Å². The smallest absolute Gasteiger partial charge is 0.255 e. The van der Waals surface area contributed by atoms with Gasteiger partial charge in [0, 0.05) is 31.6 Å². The summed E-state index contributed by atoms with van der Waals surface area (Å²) in [5.41, 5.74) is 1.56. The minimum atomic E-state index is -0.599. The molecule has 2 saturated heterocycles. The molecule has 2 aromatic heterocycles. The van der Waals surface area contributed by atoms with E-state index in [1.54, 1.807) is 12.4 Å². The molecule has 0 radical (unpaired) electrons. The Balaban J connectivity index is 1.41. The van der Waals surface area contributed by atoms with Crippen LogP contribution in [0.4, 0.5) is 10.3 Å². The van der Waals surface area contributed by atoms with Gasteiger partial charge in [0.05, 0.1) is 37.5 Å². The van der Waals surface area contributed by atoms with E-state index in [9.17, 15) is 9.18 Å². The van der Waals surface area contributed by atoms with E-state index in [1.165, 1.54) is 12.2 Å². The summed E-state index contributed by atoms with van der Waals surface area (Å²) in [5.74, 6) is -0.474. The molecule has 29 heavy (non-hydrogen) atoms. The number of aromatic nitrogens is 4. The van der Waals surface area contributed by atoms with Crippen LogP contribution in [0.5, 0.6) is 5.88 Å². The second kappa shape index (κ2) is 8.24. The fourth-order valence-corrected chi connectivity index (χ4v) is 3.74. The molecule has 2 aliphatic rings. The van der Waals surface area contributed by atoms with Gasteiger partial charge in [-0.15, -0.1) is 0 Å². The van der Waals surface area contributed by atoms with E-state index in [4.69, 9.17) is 9.57 Å². The average molecular weight is 402 g/mol. The number of methoxy groups -OCH3 is 1. The van der Waals surface area contributed by atoms with Crippen LogP contribution in [0.15, 0.2) is 18.6 Å². The SMILES string of the molecule is COc1nc(N2CCC(C(=O)N3OCC[C@H]3c3cncc(C)n3)CC2)ncc1F. The molecule has 0 spiro atoms. The van der Waals surface area contributed by atoms with Crippen molar-refractivity contribution in [1.29, 1.82) is 0 Å². The third-order valence-electron chi connectivity index (χ3n) is 5.26. The standard InChI is InChI=1S/C19H23FN6O3/c1-12-9-21-11-15(23-12)16-5-8-29-26(16)18(27)13-3-6-25(7-4-13)19-22-10-14(20)17(24-19)28-2/h9-11,13,16H,3-8H2,1-2H3/t16-/m0/s1. The number of carbonyl (C=O) groups is 1. The maximum absolute atomic E-state index is 13.5. The lowest BCUT2D eigenvalue weighted by molar-refractivity contribution is -0.182. The van der Waals surface area contributed by atoms with Crippen molar-refractivity contribution < 1.29 is 18.8 Å². The van der Waals surface area contributed by atoms with Gasteiger partial charge in [0.25, 0.3) is 5.88 Å². The number of hydroxylamine groups is 2. The van der Waals surface area contributed by atoms with E-state index in [1.807, 2.05) is 11.8 Å². The molecule has 2 aromatic rings. The lowest BCUT2D eigenvalue weighted by Gasteiger charge is -2.33. The molecule has 4 rings (SSSR count). The van der Waals surface area contributed by atoms with Gasteiger partial charge in [0.15, 0.2) is 0 Å². The number of aryl methyl sites for hydroxylation is 1. The van der Waals surface area contributed by atoms with Gasteiger partial charge in [-0.3, -0.25) is 19.6 Å². The number of piperidine rings is 1. The molecule has 0 aromatic carbocycles. The Hall–Kier alpha value is -2.88. The highest BCUT2D eigenvalue weighted by atomic mass is 19.1. The molecular weight excluding hydrogens is 379 g/mol. The van der Waals surface area contributed by atoms with E-state index >= 15 is 0 Å². The quantitative estimate of drug-likeness (QED) is 0.765. The van der Waals surface area contributed by atoms with Gasteiger partial charge < -0.3 is 9.64 Å². The molecular formula is C19H23FN6O3. The summed E-state index contributed by atoms with van der Waals surface area (Å²) < 4.78 is 18.5. The summed E-state index contributed by atoms with van der Waals surface area (Å²) in [6, 6.07) is -0.211. The molecule has 0 aliphatic carbocycles. The Kier molecular flexibility index (Phi) is 5.52. The third-order valence-corrected chi connectivity index (χ3v) is 5.26. The van der Waals surface area contributed by atoms with Crippen molar-refractivity contribution in [2.24, 2.45) is 5.92 Å². The molecule has 2 fully saturated rings. The van der Waals surface area contributed by atoms with Gasteiger partial charge in [0.1, 0.15) is 6.04 Å². The Morgan fingerprint density at radius 2 is 2.00 bits per heavy atom. The van der Waals surface area contributed by atoms with E-state index in [-0.39, 0.29) is 23.7 Å². The second-order valence-corrected chi connectivity index (χ2v) is 7.18. The molecule has 0 unspecified atom stereocenters. The van der Waals surface area contributed by atoms with E-state index in [0.29, 0.717) is 44.9 Å². The molecule has 1 amide bonds. The zero-order valence-corrected chi connectivity index (χ0v) is 16.4. The summed E-state index contributed by atoms with van der Waals surface area (Å²) in [6.45, 7) is 3.54. The lowest BCUT2D eigenvalue weighted by atomic mass is 9.95. The van der Waals surface area contributed by atoms with Crippen molar-refractivity contribution in [2.75, 3.05) is 31.7 Å². The molecule has 9 nitrogen and oxygen atoms in total. The van der Waals surface area contributed by atoms with Crippen LogP contribution in [-0.4, -0.2) is 57.7 Å². The van der Waals surface area contributed by atoms with Crippen LogP contribution in [0.2, 0.25) is 0 Å². The number of halogens is 1. The van der Waals surface area contributed by atoms with Gasteiger partial charge in [0.2, 0.25) is 17.7 Å². The van der Waals surface area contributed by atoms with Crippen LogP contribution in [0, 0.1) is 18.7 Å². The number of ether oxygens (including phenoxy) is 1. The predicted octanol–water partition coefficient (Wildman–Crippen LogP) is 1.84. The van der Waals surface area contributed by atoms with Gasteiger partial charge in [-0.1, -0.05) is 0 Å². The molecule has 154 valence electrons. The molecule has 0 N–H and O–H groups in total. The first-order valence-electron chi connectivity index (χ1n) is 9.63. The Morgan fingerprint density at radius 3 is 2.72 bits per heavy atom. The highest BCUT2D eigenvalue weighted by Crippen LogP contribution is 2.33. The number of carbonyl (C=O) groups excluding carboxylic acids is 1.